The van der Waals surface area contributed by atoms with E-state index >= 15 is 0 Å². The Morgan fingerprint density at radius 3 is 2.72 bits per heavy atom. The predicted molar refractivity (Wildman–Crippen MR) is 73.9 cm³/mol. The molecule has 1 atom stereocenters. The molecule has 1 heterocycles. The summed E-state index contributed by atoms with van der Waals surface area (Å²) in [6.45, 7) is 3.32. The van der Waals surface area contributed by atoms with Crippen molar-refractivity contribution in [3.63, 3.8) is 0 Å². The molecule has 0 fully saturated rings. The Balaban J connectivity index is 2.02. The zero-order valence-electron chi connectivity index (χ0n) is 10.7. The molecular formula is C15H20N2O. The van der Waals surface area contributed by atoms with E-state index in [1.54, 1.807) is 0 Å². The second-order valence-corrected chi connectivity index (χ2v) is 4.33. The molecule has 18 heavy (non-hydrogen) atoms. The summed E-state index contributed by atoms with van der Waals surface area (Å²) in [7, 11) is 0. The standard InChI is InChI=1S/C15H20N2O/c1-2-12-6-3-4-8-15(12)18-11-13(10-16)14-7-5-9-17-14/h3-9,13,17H,2,10-11,16H2,1H3. The predicted octanol–water partition coefficient (Wildman–Crippen LogP) is 2.70. The number of nitrogens with one attached hydrogen (secondary N) is 1. The molecule has 3 N–H and O–H groups in total. The van der Waals surface area contributed by atoms with E-state index in [4.69, 9.17) is 10.5 Å². The van der Waals surface area contributed by atoms with Crippen LogP contribution in [0.3, 0.4) is 0 Å². The van der Waals surface area contributed by atoms with Crippen LogP contribution < -0.4 is 10.5 Å². The van der Waals surface area contributed by atoms with Crippen molar-refractivity contribution in [2.75, 3.05) is 13.2 Å². The number of aromatic nitrogens is 1. The summed E-state index contributed by atoms with van der Waals surface area (Å²) in [5.41, 5.74) is 8.17. The fourth-order valence-corrected chi connectivity index (χ4v) is 2.01. The third kappa shape index (κ3) is 2.93. The maximum atomic E-state index is 5.90. The molecule has 3 nitrogen and oxygen atoms in total. The first-order chi connectivity index (χ1) is 8.85. The highest BCUT2D eigenvalue weighted by atomic mass is 16.5. The largest absolute Gasteiger partial charge is 0.493 e. The van der Waals surface area contributed by atoms with Crippen LogP contribution >= 0.6 is 0 Å². The van der Waals surface area contributed by atoms with Gasteiger partial charge in [0.25, 0.3) is 0 Å². The van der Waals surface area contributed by atoms with Gasteiger partial charge in [0.2, 0.25) is 0 Å². The molecule has 0 saturated heterocycles. The van der Waals surface area contributed by atoms with E-state index in [2.05, 4.69) is 18.0 Å². The molecule has 0 aliphatic heterocycles. The highest BCUT2D eigenvalue weighted by Gasteiger charge is 2.12. The summed E-state index contributed by atoms with van der Waals surface area (Å²) in [5.74, 6) is 1.18. The maximum Gasteiger partial charge on any atom is 0.122 e. The maximum absolute atomic E-state index is 5.90. The first-order valence-corrected chi connectivity index (χ1v) is 6.39. The highest BCUT2D eigenvalue weighted by molar-refractivity contribution is 5.33. The number of benzene rings is 1. The van der Waals surface area contributed by atoms with E-state index in [9.17, 15) is 0 Å². The molecule has 0 radical (unpaired) electrons. The lowest BCUT2D eigenvalue weighted by Crippen LogP contribution is -2.20. The summed E-state index contributed by atoms with van der Waals surface area (Å²) >= 11 is 0. The molecule has 0 aliphatic carbocycles. The van der Waals surface area contributed by atoms with Crippen LogP contribution in [0.15, 0.2) is 42.6 Å². The lowest BCUT2D eigenvalue weighted by molar-refractivity contribution is 0.286. The molecule has 0 bridgehead atoms. The van der Waals surface area contributed by atoms with Crippen LogP contribution in [0.5, 0.6) is 5.75 Å². The third-order valence-corrected chi connectivity index (χ3v) is 3.14. The van der Waals surface area contributed by atoms with Gasteiger partial charge < -0.3 is 15.5 Å². The number of hydrogen-bond acceptors (Lipinski definition) is 2. The molecule has 2 rings (SSSR count). The van der Waals surface area contributed by atoms with Crippen LogP contribution in [0, 0.1) is 0 Å². The van der Waals surface area contributed by atoms with Gasteiger partial charge in [-0.2, -0.15) is 0 Å². The van der Waals surface area contributed by atoms with E-state index < -0.39 is 0 Å². The Hall–Kier alpha value is -1.74. The average Bonchev–Trinajstić information content (AvgIpc) is 2.94. The Kier molecular flexibility index (Phi) is 4.42. The van der Waals surface area contributed by atoms with Gasteiger partial charge >= 0.3 is 0 Å². The summed E-state index contributed by atoms with van der Waals surface area (Å²) < 4.78 is 5.90. The quantitative estimate of drug-likeness (QED) is 0.821. The molecule has 2 aromatic rings. The molecule has 0 amide bonds. The van der Waals surface area contributed by atoms with E-state index in [1.807, 2.05) is 36.5 Å². The SMILES string of the molecule is CCc1ccccc1OCC(CN)c1ccc[nH]1. The lowest BCUT2D eigenvalue weighted by Gasteiger charge is -2.16. The van der Waals surface area contributed by atoms with Gasteiger partial charge in [0.15, 0.2) is 0 Å². The van der Waals surface area contributed by atoms with Crippen molar-refractivity contribution in [1.82, 2.24) is 4.98 Å². The molecule has 1 aromatic carbocycles. The van der Waals surface area contributed by atoms with Gasteiger partial charge in [0, 0.05) is 24.4 Å². The van der Waals surface area contributed by atoms with Crippen LogP contribution in [0.2, 0.25) is 0 Å². The van der Waals surface area contributed by atoms with Gasteiger partial charge in [-0.05, 0) is 30.2 Å². The zero-order valence-corrected chi connectivity index (χ0v) is 10.7. The molecular weight excluding hydrogens is 224 g/mol. The van der Waals surface area contributed by atoms with E-state index in [-0.39, 0.29) is 5.92 Å². The number of hydrogen-bond donors (Lipinski definition) is 2. The van der Waals surface area contributed by atoms with Gasteiger partial charge in [-0.25, -0.2) is 0 Å². The number of aryl methyl sites for hydroxylation is 1. The van der Waals surface area contributed by atoms with Crippen molar-refractivity contribution < 1.29 is 4.74 Å². The number of rotatable bonds is 6. The van der Waals surface area contributed by atoms with Crippen molar-refractivity contribution in [3.8, 4) is 5.75 Å². The van der Waals surface area contributed by atoms with E-state index in [1.165, 1.54) is 5.56 Å². The molecule has 1 aromatic heterocycles. The normalized spacial score (nSPS) is 12.3. The minimum atomic E-state index is 0.213. The van der Waals surface area contributed by atoms with Crippen LogP contribution in [0.4, 0.5) is 0 Å². The minimum absolute atomic E-state index is 0.213. The van der Waals surface area contributed by atoms with Gasteiger partial charge in [-0.3, -0.25) is 0 Å². The summed E-state index contributed by atoms with van der Waals surface area (Å²) in [4.78, 5) is 3.19. The van der Waals surface area contributed by atoms with Gasteiger partial charge in [-0.15, -0.1) is 0 Å². The summed E-state index contributed by atoms with van der Waals surface area (Å²) in [5, 5.41) is 0. The van der Waals surface area contributed by atoms with E-state index in [0.717, 1.165) is 17.9 Å². The molecule has 96 valence electrons. The van der Waals surface area contributed by atoms with Gasteiger partial charge in [-0.1, -0.05) is 25.1 Å². The Bertz CT molecular complexity index is 465. The number of H-pyrrole nitrogens is 1. The van der Waals surface area contributed by atoms with Gasteiger partial charge in [0.05, 0.1) is 6.61 Å². The van der Waals surface area contributed by atoms with Crippen LogP contribution in [0.25, 0.3) is 0 Å². The number of ether oxygens (including phenoxy) is 1. The highest BCUT2D eigenvalue weighted by Crippen LogP contribution is 2.21. The second-order valence-electron chi connectivity index (χ2n) is 4.33. The Labute approximate surface area is 108 Å². The second kappa shape index (κ2) is 6.26. The van der Waals surface area contributed by atoms with Crippen LogP contribution in [0.1, 0.15) is 24.1 Å². The molecule has 1 unspecified atom stereocenters. The molecule has 0 spiro atoms. The van der Waals surface area contributed by atoms with Crippen LogP contribution in [-0.2, 0) is 6.42 Å². The third-order valence-electron chi connectivity index (χ3n) is 3.14. The summed E-state index contributed by atoms with van der Waals surface area (Å²) in [6, 6.07) is 12.2. The first-order valence-electron chi connectivity index (χ1n) is 6.39. The van der Waals surface area contributed by atoms with Crippen molar-refractivity contribution in [3.05, 3.63) is 53.9 Å². The van der Waals surface area contributed by atoms with Crippen molar-refractivity contribution >= 4 is 0 Å². The molecule has 3 heteroatoms. The van der Waals surface area contributed by atoms with E-state index in [0.29, 0.717) is 13.2 Å². The lowest BCUT2D eigenvalue weighted by atomic mass is 10.1. The smallest absolute Gasteiger partial charge is 0.122 e. The number of nitrogens with two attached hydrogens (primary N) is 1. The fraction of sp³-hybridized carbons (Fsp3) is 0.333. The Morgan fingerprint density at radius 1 is 1.22 bits per heavy atom. The monoisotopic (exact) mass is 244 g/mol. The molecule has 0 saturated carbocycles. The van der Waals surface area contributed by atoms with Crippen molar-refractivity contribution in [1.29, 1.82) is 0 Å². The summed E-state index contributed by atoms with van der Waals surface area (Å²) in [6.07, 6.45) is 2.89. The van der Waals surface area contributed by atoms with Gasteiger partial charge in [0.1, 0.15) is 5.75 Å². The average molecular weight is 244 g/mol. The Morgan fingerprint density at radius 2 is 2.06 bits per heavy atom. The fourth-order valence-electron chi connectivity index (χ4n) is 2.01. The van der Waals surface area contributed by atoms with Crippen LogP contribution in [-0.4, -0.2) is 18.1 Å². The zero-order chi connectivity index (χ0) is 12.8. The topological polar surface area (TPSA) is 51.0 Å². The minimum Gasteiger partial charge on any atom is -0.493 e. The molecule has 0 aliphatic rings. The number of aromatic amines is 1. The van der Waals surface area contributed by atoms with Crippen molar-refractivity contribution in [2.24, 2.45) is 5.73 Å². The first kappa shape index (κ1) is 12.7. The number of para-hydroxylation sites is 1. The van der Waals surface area contributed by atoms with Crippen molar-refractivity contribution in [2.45, 2.75) is 19.3 Å².